The Morgan fingerprint density at radius 2 is 1.94 bits per heavy atom. The summed E-state index contributed by atoms with van der Waals surface area (Å²) in [5, 5.41) is 12.4. The number of aromatic nitrogens is 3. The highest BCUT2D eigenvalue weighted by Crippen LogP contribution is 2.23. The van der Waals surface area contributed by atoms with Crippen LogP contribution in [-0.2, 0) is 23.5 Å². The fourth-order valence-corrected chi connectivity index (χ4v) is 2.47. The number of hydrogen-bond acceptors (Lipinski definition) is 4. The summed E-state index contributed by atoms with van der Waals surface area (Å²) in [5.74, 6) is 0.497. The molecule has 0 saturated heterocycles. The average molecular weight is 266 g/mol. The summed E-state index contributed by atoms with van der Waals surface area (Å²) < 4.78 is 24.0. The molecule has 0 unspecified atom stereocenters. The number of benzene rings is 1. The molecule has 1 heterocycles. The van der Waals surface area contributed by atoms with Crippen LogP contribution in [0.25, 0.3) is 11.4 Å². The molecule has 2 N–H and O–H groups in total. The molecule has 0 fully saturated rings. The van der Waals surface area contributed by atoms with Crippen molar-refractivity contribution in [3.05, 3.63) is 29.8 Å². The van der Waals surface area contributed by atoms with E-state index in [1.54, 1.807) is 7.05 Å². The van der Waals surface area contributed by atoms with Crippen LogP contribution in [0.15, 0.2) is 29.4 Å². The van der Waals surface area contributed by atoms with Gasteiger partial charge >= 0.3 is 0 Å². The minimum Gasteiger partial charge on any atom is -0.300 e. The predicted octanol–water partition coefficient (Wildman–Crippen LogP) is 0.692. The summed E-state index contributed by atoms with van der Waals surface area (Å²) in [6.45, 7) is 2.02. The van der Waals surface area contributed by atoms with Crippen molar-refractivity contribution in [1.29, 1.82) is 0 Å². The van der Waals surface area contributed by atoms with Gasteiger partial charge in [-0.15, -0.1) is 10.2 Å². The van der Waals surface area contributed by atoms with Crippen molar-refractivity contribution in [2.75, 3.05) is 0 Å². The standard InChI is InChI=1S/C11H14N4O2S/c1-3-8-6-4-5-7-9(8)10-13-14-11(15(10)2)18(12,16)17/h4-7H,3H2,1-2H3,(H2,12,16,17). The molecule has 0 radical (unpaired) electrons. The van der Waals surface area contributed by atoms with E-state index < -0.39 is 10.0 Å². The third-order valence-electron chi connectivity index (χ3n) is 2.73. The molecule has 0 atom stereocenters. The first kappa shape index (κ1) is 12.7. The van der Waals surface area contributed by atoms with Gasteiger partial charge in [-0.3, -0.25) is 4.57 Å². The first-order valence-corrected chi connectivity index (χ1v) is 7.00. The quantitative estimate of drug-likeness (QED) is 0.885. The van der Waals surface area contributed by atoms with Gasteiger partial charge in [0.1, 0.15) is 0 Å². The van der Waals surface area contributed by atoms with Gasteiger partial charge in [0.25, 0.3) is 15.2 Å². The highest BCUT2D eigenvalue weighted by atomic mass is 32.2. The van der Waals surface area contributed by atoms with Gasteiger partial charge in [-0.25, -0.2) is 13.6 Å². The lowest BCUT2D eigenvalue weighted by Gasteiger charge is -2.07. The molecule has 0 saturated carbocycles. The van der Waals surface area contributed by atoms with Crippen LogP contribution in [-0.4, -0.2) is 23.2 Å². The zero-order valence-corrected chi connectivity index (χ0v) is 11.0. The van der Waals surface area contributed by atoms with Crippen LogP contribution in [0.3, 0.4) is 0 Å². The number of primary sulfonamides is 1. The molecule has 0 amide bonds. The summed E-state index contributed by atoms with van der Waals surface area (Å²) in [5.41, 5.74) is 1.94. The number of nitrogens with zero attached hydrogens (tertiary/aromatic N) is 3. The van der Waals surface area contributed by atoms with E-state index in [0.29, 0.717) is 5.82 Å². The van der Waals surface area contributed by atoms with E-state index >= 15 is 0 Å². The molecule has 7 heteroatoms. The van der Waals surface area contributed by atoms with Crippen molar-refractivity contribution in [2.45, 2.75) is 18.5 Å². The Labute approximate surface area is 106 Å². The molecule has 1 aromatic heterocycles. The SMILES string of the molecule is CCc1ccccc1-c1nnc(S(N)(=O)=O)n1C. The summed E-state index contributed by atoms with van der Waals surface area (Å²) in [6.07, 6.45) is 0.827. The van der Waals surface area contributed by atoms with Gasteiger partial charge in [-0.05, 0) is 12.0 Å². The van der Waals surface area contributed by atoms with Gasteiger partial charge in [0.15, 0.2) is 5.82 Å². The second-order valence-electron chi connectivity index (χ2n) is 3.92. The van der Waals surface area contributed by atoms with E-state index in [1.165, 1.54) is 4.57 Å². The van der Waals surface area contributed by atoms with Crippen molar-refractivity contribution in [1.82, 2.24) is 14.8 Å². The highest BCUT2D eigenvalue weighted by Gasteiger charge is 2.20. The molecular weight excluding hydrogens is 252 g/mol. The second-order valence-corrected chi connectivity index (χ2v) is 5.38. The van der Waals surface area contributed by atoms with Crippen LogP contribution in [0.2, 0.25) is 0 Å². The molecule has 2 aromatic rings. The van der Waals surface area contributed by atoms with Gasteiger partial charge in [-0.1, -0.05) is 31.2 Å². The molecular formula is C11H14N4O2S. The Balaban J connectivity index is 2.63. The zero-order valence-electron chi connectivity index (χ0n) is 10.2. The summed E-state index contributed by atoms with van der Waals surface area (Å²) in [6, 6.07) is 7.66. The molecule has 0 aliphatic heterocycles. The topological polar surface area (TPSA) is 90.9 Å². The highest BCUT2D eigenvalue weighted by molar-refractivity contribution is 7.89. The maximum Gasteiger partial charge on any atom is 0.273 e. The first-order chi connectivity index (χ1) is 8.45. The first-order valence-electron chi connectivity index (χ1n) is 5.45. The van der Waals surface area contributed by atoms with E-state index in [0.717, 1.165) is 17.5 Å². The van der Waals surface area contributed by atoms with Crippen LogP contribution in [0.5, 0.6) is 0 Å². The van der Waals surface area contributed by atoms with Crippen LogP contribution >= 0.6 is 0 Å². The number of hydrogen-bond donors (Lipinski definition) is 1. The lowest BCUT2D eigenvalue weighted by Crippen LogP contribution is -2.17. The van der Waals surface area contributed by atoms with Crippen molar-refractivity contribution >= 4 is 10.0 Å². The largest absolute Gasteiger partial charge is 0.300 e. The molecule has 0 aliphatic carbocycles. The Hall–Kier alpha value is -1.73. The van der Waals surface area contributed by atoms with Gasteiger partial charge in [0.05, 0.1) is 0 Å². The van der Waals surface area contributed by atoms with Crippen LogP contribution in [0.1, 0.15) is 12.5 Å². The van der Waals surface area contributed by atoms with Gasteiger partial charge in [0, 0.05) is 12.6 Å². The van der Waals surface area contributed by atoms with Crippen LogP contribution in [0, 0.1) is 0 Å². The molecule has 18 heavy (non-hydrogen) atoms. The van der Waals surface area contributed by atoms with E-state index in [2.05, 4.69) is 10.2 Å². The summed E-state index contributed by atoms with van der Waals surface area (Å²) in [4.78, 5) is 0. The molecule has 0 aliphatic rings. The fourth-order valence-electron chi connectivity index (χ4n) is 1.84. The lowest BCUT2D eigenvalue weighted by atomic mass is 10.1. The number of sulfonamides is 1. The number of nitrogens with two attached hydrogens (primary N) is 1. The number of rotatable bonds is 3. The zero-order chi connectivity index (χ0) is 13.3. The predicted molar refractivity (Wildman–Crippen MR) is 67.2 cm³/mol. The number of aryl methyl sites for hydroxylation is 1. The Morgan fingerprint density at radius 1 is 1.28 bits per heavy atom. The Morgan fingerprint density at radius 3 is 2.50 bits per heavy atom. The van der Waals surface area contributed by atoms with E-state index in [1.807, 2.05) is 31.2 Å². The third-order valence-corrected chi connectivity index (χ3v) is 3.59. The minimum absolute atomic E-state index is 0.233. The summed E-state index contributed by atoms with van der Waals surface area (Å²) >= 11 is 0. The van der Waals surface area contributed by atoms with Crippen LogP contribution in [0.4, 0.5) is 0 Å². The smallest absolute Gasteiger partial charge is 0.273 e. The Kier molecular flexibility index (Phi) is 3.18. The second kappa shape index (κ2) is 4.51. The van der Waals surface area contributed by atoms with Gasteiger partial charge in [0.2, 0.25) is 0 Å². The monoisotopic (exact) mass is 266 g/mol. The molecule has 96 valence electrons. The van der Waals surface area contributed by atoms with Crippen molar-refractivity contribution in [2.24, 2.45) is 12.2 Å². The molecule has 0 bridgehead atoms. The van der Waals surface area contributed by atoms with E-state index in [-0.39, 0.29) is 5.16 Å². The van der Waals surface area contributed by atoms with E-state index in [9.17, 15) is 8.42 Å². The van der Waals surface area contributed by atoms with Crippen molar-refractivity contribution in [3.63, 3.8) is 0 Å². The normalized spacial score (nSPS) is 11.7. The fraction of sp³-hybridized carbons (Fsp3) is 0.273. The molecule has 0 spiro atoms. The third kappa shape index (κ3) is 2.14. The minimum atomic E-state index is -3.85. The Bertz CT molecular complexity index is 676. The average Bonchev–Trinajstić information content (AvgIpc) is 2.70. The van der Waals surface area contributed by atoms with Gasteiger partial charge in [-0.2, -0.15) is 0 Å². The van der Waals surface area contributed by atoms with Crippen molar-refractivity contribution in [3.8, 4) is 11.4 Å². The lowest BCUT2D eigenvalue weighted by molar-refractivity contribution is 0.580. The maximum absolute atomic E-state index is 11.3. The molecule has 2 rings (SSSR count). The maximum atomic E-state index is 11.3. The molecule has 1 aromatic carbocycles. The summed E-state index contributed by atoms with van der Waals surface area (Å²) in [7, 11) is -2.27. The van der Waals surface area contributed by atoms with E-state index in [4.69, 9.17) is 5.14 Å². The van der Waals surface area contributed by atoms with Crippen LogP contribution < -0.4 is 5.14 Å². The molecule has 6 nitrogen and oxygen atoms in total. The van der Waals surface area contributed by atoms with Crippen molar-refractivity contribution < 1.29 is 8.42 Å². The van der Waals surface area contributed by atoms with Gasteiger partial charge < -0.3 is 0 Å².